The third kappa shape index (κ3) is 1.85. The lowest BCUT2D eigenvalue weighted by molar-refractivity contribution is 0.112. The molecule has 4 heterocycles. The van der Waals surface area contributed by atoms with Crippen LogP contribution in [-0.2, 0) is 0 Å². The predicted molar refractivity (Wildman–Crippen MR) is 94.0 cm³/mol. The number of hydrogen-bond acceptors (Lipinski definition) is 4. The van der Waals surface area contributed by atoms with Gasteiger partial charge in [0.25, 0.3) is 0 Å². The molecule has 2 saturated heterocycles. The van der Waals surface area contributed by atoms with Crippen molar-refractivity contribution in [3.63, 3.8) is 0 Å². The molecule has 2 fully saturated rings. The number of carbonyl (C=O) groups is 1. The molecule has 2 atom stereocenters. The fraction of sp³-hybridized carbons (Fsp3) is 0.263. The normalized spacial score (nSPS) is 22.4. The number of nitrogens with zero attached hydrogens (tertiary/aromatic N) is 3. The van der Waals surface area contributed by atoms with Crippen LogP contribution in [0.25, 0.3) is 16.7 Å². The minimum atomic E-state index is 0.445. The largest absolute Gasteiger partial charge is 0.351 e. The van der Waals surface area contributed by atoms with Gasteiger partial charge in [0, 0.05) is 37.1 Å². The second-order valence-corrected chi connectivity index (χ2v) is 6.54. The van der Waals surface area contributed by atoms with Crippen LogP contribution in [0.2, 0.25) is 0 Å². The molecular formula is C19H18N4O. The number of para-hydroxylation sites is 1. The molecule has 2 bridgehead atoms. The van der Waals surface area contributed by atoms with E-state index in [4.69, 9.17) is 0 Å². The van der Waals surface area contributed by atoms with Crippen molar-refractivity contribution in [2.75, 3.05) is 18.0 Å². The van der Waals surface area contributed by atoms with E-state index in [2.05, 4.69) is 31.9 Å². The molecule has 5 nitrogen and oxygen atoms in total. The monoisotopic (exact) mass is 318 g/mol. The van der Waals surface area contributed by atoms with Gasteiger partial charge in [0.2, 0.25) is 0 Å². The quantitative estimate of drug-likeness (QED) is 0.753. The van der Waals surface area contributed by atoms with Crippen LogP contribution in [0.15, 0.2) is 48.7 Å². The van der Waals surface area contributed by atoms with Crippen molar-refractivity contribution in [2.24, 2.45) is 0 Å². The summed E-state index contributed by atoms with van der Waals surface area (Å²) in [5.74, 6) is 0.985. The number of rotatable bonds is 3. The first-order valence-corrected chi connectivity index (χ1v) is 8.37. The summed E-state index contributed by atoms with van der Waals surface area (Å²) in [5, 5.41) is 3.53. The number of carbonyl (C=O) groups excluding carboxylic acids is 1. The molecule has 0 spiro atoms. The van der Waals surface area contributed by atoms with E-state index in [1.165, 1.54) is 0 Å². The van der Waals surface area contributed by atoms with Gasteiger partial charge in [-0.15, -0.1) is 0 Å². The van der Waals surface area contributed by atoms with Crippen LogP contribution in [0.3, 0.4) is 0 Å². The van der Waals surface area contributed by atoms with E-state index in [1.54, 1.807) is 6.20 Å². The summed E-state index contributed by atoms with van der Waals surface area (Å²) in [6.07, 6.45) is 3.86. The van der Waals surface area contributed by atoms with Gasteiger partial charge < -0.3 is 10.2 Å². The van der Waals surface area contributed by atoms with Gasteiger partial charge in [-0.3, -0.25) is 14.3 Å². The highest BCUT2D eigenvalue weighted by molar-refractivity contribution is 6.03. The summed E-state index contributed by atoms with van der Waals surface area (Å²) in [5.41, 5.74) is 3.52. The van der Waals surface area contributed by atoms with Crippen LogP contribution in [0.5, 0.6) is 0 Å². The van der Waals surface area contributed by atoms with Crippen LogP contribution >= 0.6 is 0 Å². The lowest BCUT2D eigenvalue weighted by Gasteiger charge is -2.31. The molecule has 2 aliphatic rings. The minimum absolute atomic E-state index is 0.445. The van der Waals surface area contributed by atoms with Gasteiger partial charge in [-0.1, -0.05) is 18.2 Å². The summed E-state index contributed by atoms with van der Waals surface area (Å²) in [6, 6.07) is 15.2. The highest BCUT2D eigenvalue weighted by atomic mass is 16.1. The molecule has 0 radical (unpaired) electrons. The van der Waals surface area contributed by atoms with Crippen molar-refractivity contribution in [3.8, 4) is 5.69 Å². The molecule has 0 amide bonds. The van der Waals surface area contributed by atoms with Crippen molar-refractivity contribution < 1.29 is 4.79 Å². The maximum atomic E-state index is 12.0. The maximum Gasteiger partial charge on any atom is 0.155 e. The molecule has 1 N–H and O–H groups in total. The maximum absolute atomic E-state index is 12.0. The highest BCUT2D eigenvalue weighted by Crippen LogP contribution is 2.38. The number of piperazine rings is 1. The van der Waals surface area contributed by atoms with Crippen molar-refractivity contribution in [3.05, 3.63) is 54.2 Å². The molecule has 24 heavy (non-hydrogen) atoms. The van der Waals surface area contributed by atoms with Gasteiger partial charge in [-0.05, 0) is 30.7 Å². The van der Waals surface area contributed by atoms with E-state index in [-0.39, 0.29) is 0 Å². The van der Waals surface area contributed by atoms with Crippen molar-refractivity contribution >= 4 is 23.1 Å². The van der Waals surface area contributed by atoms with Gasteiger partial charge in [-0.25, -0.2) is 0 Å². The van der Waals surface area contributed by atoms with Crippen LogP contribution in [0.1, 0.15) is 16.8 Å². The number of benzene rings is 1. The van der Waals surface area contributed by atoms with E-state index < -0.39 is 0 Å². The summed E-state index contributed by atoms with van der Waals surface area (Å²) in [6.45, 7) is 1.92. The number of pyridine rings is 1. The molecule has 2 unspecified atom stereocenters. The first-order chi connectivity index (χ1) is 11.9. The topological polar surface area (TPSA) is 50.2 Å². The molecule has 1 aromatic carbocycles. The van der Waals surface area contributed by atoms with Gasteiger partial charge in [-0.2, -0.15) is 0 Å². The second-order valence-electron chi connectivity index (χ2n) is 6.54. The van der Waals surface area contributed by atoms with Gasteiger partial charge in [0.15, 0.2) is 6.29 Å². The Balaban J connectivity index is 1.82. The third-order valence-corrected chi connectivity index (χ3v) is 5.20. The Bertz CT molecular complexity index is 918. The summed E-state index contributed by atoms with van der Waals surface area (Å²) in [7, 11) is 0. The molecule has 5 rings (SSSR count). The molecule has 2 aromatic heterocycles. The number of fused-ring (bicyclic) bond motifs is 3. The Morgan fingerprint density at radius 3 is 2.75 bits per heavy atom. The average molecular weight is 318 g/mol. The smallest absolute Gasteiger partial charge is 0.155 e. The first kappa shape index (κ1) is 13.7. The van der Waals surface area contributed by atoms with E-state index in [1.807, 2.05) is 30.3 Å². The average Bonchev–Trinajstić information content (AvgIpc) is 3.34. The predicted octanol–water partition coefficient (Wildman–Crippen LogP) is 2.39. The molecule has 5 heteroatoms. The highest BCUT2D eigenvalue weighted by Gasteiger charge is 2.40. The molecule has 120 valence electrons. The Morgan fingerprint density at radius 2 is 2.04 bits per heavy atom. The van der Waals surface area contributed by atoms with Crippen molar-refractivity contribution in [1.82, 2.24) is 14.9 Å². The summed E-state index contributed by atoms with van der Waals surface area (Å²) < 4.78 is 2.19. The summed E-state index contributed by atoms with van der Waals surface area (Å²) >= 11 is 0. The number of aldehydes is 1. The lowest BCUT2D eigenvalue weighted by atomic mass is 10.2. The Morgan fingerprint density at radius 1 is 1.17 bits per heavy atom. The number of aromatic nitrogens is 2. The zero-order valence-corrected chi connectivity index (χ0v) is 13.2. The van der Waals surface area contributed by atoms with Gasteiger partial charge >= 0.3 is 0 Å². The zero-order valence-electron chi connectivity index (χ0n) is 13.2. The Kier molecular flexibility index (Phi) is 2.97. The standard InChI is InChI=1S/C19H18N4O/c24-12-16-18-17(7-4-8-20-18)23(14-5-2-1-3-6-14)19(16)22-11-13-9-15(22)10-21-13/h1-8,12-13,15,21H,9-11H2. The van der Waals surface area contributed by atoms with Gasteiger partial charge in [0.1, 0.15) is 11.3 Å². The first-order valence-electron chi connectivity index (χ1n) is 8.37. The van der Waals surface area contributed by atoms with E-state index in [9.17, 15) is 4.79 Å². The molecule has 2 aliphatic heterocycles. The Hall–Kier alpha value is -2.66. The van der Waals surface area contributed by atoms with E-state index in [0.29, 0.717) is 17.6 Å². The molecule has 0 saturated carbocycles. The summed E-state index contributed by atoms with van der Waals surface area (Å²) in [4.78, 5) is 18.8. The van der Waals surface area contributed by atoms with Crippen molar-refractivity contribution in [2.45, 2.75) is 18.5 Å². The fourth-order valence-corrected chi connectivity index (χ4v) is 4.18. The van der Waals surface area contributed by atoms with Crippen molar-refractivity contribution in [1.29, 1.82) is 0 Å². The molecular weight excluding hydrogens is 300 g/mol. The molecule has 0 aliphatic carbocycles. The SMILES string of the molecule is O=Cc1c(N2CC3CC2CN3)n(-c2ccccc2)c2cccnc12. The number of anilines is 1. The zero-order chi connectivity index (χ0) is 16.1. The van der Waals surface area contributed by atoms with Crippen LogP contribution in [0, 0.1) is 0 Å². The number of nitrogens with one attached hydrogen (secondary N) is 1. The third-order valence-electron chi connectivity index (χ3n) is 5.20. The fourth-order valence-electron chi connectivity index (χ4n) is 4.18. The second kappa shape index (κ2) is 5.18. The van der Waals surface area contributed by atoms with Crippen LogP contribution in [0.4, 0.5) is 5.82 Å². The molecule has 3 aromatic rings. The van der Waals surface area contributed by atoms with E-state index >= 15 is 0 Å². The van der Waals surface area contributed by atoms with E-state index in [0.717, 1.165) is 48.3 Å². The number of hydrogen-bond donors (Lipinski definition) is 1. The van der Waals surface area contributed by atoms with Crippen LogP contribution < -0.4 is 10.2 Å². The van der Waals surface area contributed by atoms with Crippen LogP contribution in [-0.4, -0.2) is 41.0 Å². The minimum Gasteiger partial charge on any atom is -0.351 e. The Labute approximate surface area is 139 Å². The van der Waals surface area contributed by atoms with Gasteiger partial charge in [0.05, 0.1) is 11.1 Å². The lowest BCUT2D eigenvalue weighted by Crippen LogP contribution is -2.44.